The lowest BCUT2D eigenvalue weighted by molar-refractivity contribution is -0.147. The standard InChI is InChI=1S/C14H17Cl2NO3/c1-20-14(19)9-4-2-8(3-5-9)13(18)10-6-11(15)17-12(16)7-10/h6-9,13,18H,2-5H2,1H3/t8-,9-,13?. The summed E-state index contributed by atoms with van der Waals surface area (Å²) in [5.41, 5.74) is 0.677. The van der Waals surface area contributed by atoms with Gasteiger partial charge in [0, 0.05) is 0 Å². The van der Waals surface area contributed by atoms with Crippen LogP contribution in [0.3, 0.4) is 0 Å². The summed E-state index contributed by atoms with van der Waals surface area (Å²) in [6.45, 7) is 0. The molecule has 20 heavy (non-hydrogen) atoms. The molecule has 0 spiro atoms. The first-order chi connectivity index (χ1) is 9.51. The first-order valence-corrected chi connectivity index (χ1v) is 7.35. The van der Waals surface area contributed by atoms with Gasteiger partial charge in [0.15, 0.2) is 0 Å². The number of carbonyl (C=O) groups is 1. The lowest BCUT2D eigenvalue weighted by Crippen LogP contribution is -2.25. The van der Waals surface area contributed by atoms with Gasteiger partial charge in [0.1, 0.15) is 10.3 Å². The molecule has 1 atom stereocenters. The molecule has 4 nitrogen and oxygen atoms in total. The molecule has 0 aliphatic heterocycles. The molecule has 110 valence electrons. The zero-order valence-corrected chi connectivity index (χ0v) is 12.7. The number of hydrogen-bond donors (Lipinski definition) is 1. The Balaban J connectivity index is 2.01. The smallest absolute Gasteiger partial charge is 0.308 e. The molecule has 1 aromatic rings. The van der Waals surface area contributed by atoms with Crippen molar-refractivity contribution in [2.75, 3.05) is 7.11 Å². The Morgan fingerprint density at radius 2 is 1.85 bits per heavy atom. The van der Waals surface area contributed by atoms with Crippen LogP contribution < -0.4 is 0 Å². The number of pyridine rings is 1. The quantitative estimate of drug-likeness (QED) is 0.685. The first-order valence-electron chi connectivity index (χ1n) is 6.60. The monoisotopic (exact) mass is 317 g/mol. The van der Waals surface area contributed by atoms with Crippen LogP contribution >= 0.6 is 23.2 Å². The minimum absolute atomic E-state index is 0.0481. The number of ether oxygens (including phenoxy) is 1. The van der Waals surface area contributed by atoms with E-state index >= 15 is 0 Å². The molecule has 1 N–H and O–H groups in total. The molecule has 0 bridgehead atoms. The summed E-state index contributed by atoms with van der Waals surface area (Å²) in [7, 11) is 1.41. The lowest BCUT2D eigenvalue weighted by Gasteiger charge is -2.30. The Morgan fingerprint density at radius 3 is 2.35 bits per heavy atom. The summed E-state index contributed by atoms with van der Waals surface area (Å²) in [6.07, 6.45) is 2.39. The van der Waals surface area contributed by atoms with E-state index in [1.165, 1.54) is 7.11 Å². The molecule has 1 aliphatic carbocycles. The number of halogens is 2. The minimum atomic E-state index is -0.633. The predicted molar refractivity (Wildman–Crippen MR) is 76.7 cm³/mol. The number of methoxy groups -OCH3 is 1. The molecule has 1 fully saturated rings. The average Bonchev–Trinajstić information content (AvgIpc) is 2.45. The fourth-order valence-electron chi connectivity index (χ4n) is 2.76. The number of esters is 1. The number of carbonyl (C=O) groups excluding carboxylic acids is 1. The minimum Gasteiger partial charge on any atom is -0.469 e. The van der Waals surface area contributed by atoms with Crippen molar-refractivity contribution in [1.29, 1.82) is 0 Å². The summed E-state index contributed by atoms with van der Waals surface area (Å²) in [5, 5.41) is 11.0. The van der Waals surface area contributed by atoms with Crippen LogP contribution in [0.4, 0.5) is 0 Å². The van der Waals surface area contributed by atoms with Crippen molar-refractivity contribution < 1.29 is 14.6 Å². The van der Waals surface area contributed by atoms with Crippen molar-refractivity contribution in [3.63, 3.8) is 0 Å². The van der Waals surface area contributed by atoms with Crippen molar-refractivity contribution in [2.24, 2.45) is 11.8 Å². The van der Waals surface area contributed by atoms with Crippen LogP contribution in [0.1, 0.15) is 37.4 Å². The van der Waals surface area contributed by atoms with E-state index in [2.05, 4.69) is 4.98 Å². The van der Waals surface area contributed by atoms with Gasteiger partial charge in [-0.3, -0.25) is 4.79 Å². The van der Waals surface area contributed by atoms with E-state index in [1.54, 1.807) is 12.1 Å². The number of aliphatic hydroxyl groups is 1. The van der Waals surface area contributed by atoms with E-state index in [1.807, 2.05) is 0 Å². The van der Waals surface area contributed by atoms with E-state index < -0.39 is 6.10 Å². The maximum Gasteiger partial charge on any atom is 0.308 e. The molecule has 0 radical (unpaired) electrons. The van der Waals surface area contributed by atoms with Gasteiger partial charge in [-0.2, -0.15) is 0 Å². The molecule has 0 amide bonds. The third kappa shape index (κ3) is 3.62. The highest BCUT2D eigenvalue weighted by molar-refractivity contribution is 6.32. The van der Waals surface area contributed by atoms with Crippen LogP contribution in [-0.2, 0) is 9.53 Å². The summed E-state index contributed by atoms with van der Waals surface area (Å²) in [6, 6.07) is 3.26. The molecular formula is C14H17Cl2NO3. The number of nitrogens with zero attached hydrogens (tertiary/aromatic N) is 1. The van der Waals surface area contributed by atoms with E-state index in [0.29, 0.717) is 5.56 Å². The van der Waals surface area contributed by atoms with E-state index in [-0.39, 0.29) is 28.1 Å². The number of aromatic nitrogens is 1. The topological polar surface area (TPSA) is 59.4 Å². The molecule has 0 saturated heterocycles. The Labute approximate surface area is 128 Å². The Bertz CT molecular complexity index is 467. The van der Waals surface area contributed by atoms with Crippen LogP contribution in [0, 0.1) is 11.8 Å². The molecule has 1 heterocycles. The summed E-state index contributed by atoms with van der Waals surface area (Å²) < 4.78 is 4.76. The number of aliphatic hydroxyl groups excluding tert-OH is 1. The first kappa shape index (κ1) is 15.5. The zero-order chi connectivity index (χ0) is 14.7. The Kier molecular flexibility index (Phi) is 5.24. The molecular weight excluding hydrogens is 301 g/mol. The van der Waals surface area contributed by atoms with Crippen molar-refractivity contribution >= 4 is 29.2 Å². The second kappa shape index (κ2) is 6.74. The van der Waals surface area contributed by atoms with Gasteiger partial charge in [-0.25, -0.2) is 4.98 Å². The predicted octanol–water partition coefficient (Wildman–Crippen LogP) is 3.40. The third-order valence-corrected chi connectivity index (χ3v) is 4.27. The van der Waals surface area contributed by atoms with Crippen LogP contribution in [0.2, 0.25) is 10.3 Å². The van der Waals surface area contributed by atoms with Crippen molar-refractivity contribution in [1.82, 2.24) is 4.98 Å². The molecule has 2 rings (SSSR count). The van der Waals surface area contributed by atoms with Crippen molar-refractivity contribution in [3.8, 4) is 0 Å². The fraction of sp³-hybridized carbons (Fsp3) is 0.571. The summed E-state index contributed by atoms with van der Waals surface area (Å²) in [4.78, 5) is 15.3. The van der Waals surface area contributed by atoms with E-state index in [9.17, 15) is 9.90 Å². The SMILES string of the molecule is COC(=O)[C@H]1CC[C@H](C(O)c2cc(Cl)nc(Cl)c2)CC1. The van der Waals surface area contributed by atoms with Crippen LogP contribution in [0.5, 0.6) is 0 Å². The van der Waals surface area contributed by atoms with Crippen LogP contribution in [0.15, 0.2) is 12.1 Å². The lowest BCUT2D eigenvalue weighted by atomic mass is 9.78. The Morgan fingerprint density at radius 1 is 1.30 bits per heavy atom. The van der Waals surface area contributed by atoms with Crippen molar-refractivity contribution in [3.05, 3.63) is 28.0 Å². The number of rotatable bonds is 3. The summed E-state index contributed by atoms with van der Waals surface area (Å²) >= 11 is 11.7. The van der Waals surface area contributed by atoms with Gasteiger partial charge in [-0.1, -0.05) is 23.2 Å². The van der Waals surface area contributed by atoms with E-state index in [4.69, 9.17) is 27.9 Å². The zero-order valence-electron chi connectivity index (χ0n) is 11.2. The normalized spacial score (nSPS) is 24.2. The highest BCUT2D eigenvalue weighted by Gasteiger charge is 2.31. The van der Waals surface area contributed by atoms with E-state index in [0.717, 1.165) is 25.7 Å². The molecule has 6 heteroatoms. The average molecular weight is 318 g/mol. The maximum atomic E-state index is 11.5. The van der Waals surface area contributed by atoms with Gasteiger partial charge >= 0.3 is 5.97 Å². The molecule has 0 aromatic carbocycles. The maximum absolute atomic E-state index is 11.5. The van der Waals surface area contributed by atoms with Gasteiger partial charge in [0.25, 0.3) is 0 Å². The fourth-order valence-corrected chi connectivity index (χ4v) is 3.24. The highest BCUT2D eigenvalue weighted by Crippen LogP contribution is 2.38. The van der Waals surface area contributed by atoms with Gasteiger partial charge in [-0.05, 0) is 49.3 Å². The summed E-state index contributed by atoms with van der Waals surface area (Å²) in [5.74, 6) is -0.105. The molecule has 1 aromatic heterocycles. The third-order valence-electron chi connectivity index (χ3n) is 3.88. The van der Waals surface area contributed by atoms with Crippen molar-refractivity contribution in [2.45, 2.75) is 31.8 Å². The molecule has 1 unspecified atom stereocenters. The largest absolute Gasteiger partial charge is 0.469 e. The van der Waals surface area contributed by atoms with Gasteiger partial charge in [0.05, 0.1) is 19.1 Å². The molecule has 1 aliphatic rings. The number of hydrogen-bond acceptors (Lipinski definition) is 4. The van der Waals surface area contributed by atoms with Crippen LogP contribution in [0.25, 0.3) is 0 Å². The van der Waals surface area contributed by atoms with Crippen LogP contribution in [-0.4, -0.2) is 23.2 Å². The van der Waals surface area contributed by atoms with Gasteiger partial charge in [0.2, 0.25) is 0 Å². The molecule has 1 saturated carbocycles. The Hall–Kier alpha value is -0.840. The van der Waals surface area contributed by atoms with Gasteiger partial charge < -0.3 is 9.84 Å². The second-order valence-electron chi connectivity index (χ2n) is 5.13. The second-order valence-corrected chi connectivity index (χ2v) is 5.90. The highest BCUT2D eigenvalue weighted by atomic mass is 35.5. The van der Waals surface area contributed by atoms with Gasteiger partial charge in [-0.15, -0.1) is 0 Å².